The molecule has 0 atom stereocenters. The van der Waals surface area contributed by atoms with Crippen LogP contribution in [0.1, 0.15) is 24.5 Å². The van der Waals surface area contributed by atoms with E-state index in [1.54, 1.807) is 0 Å². The molecule has 0 unspecified atom stereocenters. The fourth-order valence-electron chi connectivity index (χ4n) is 1.46. The summed E-state index contributed by atoms with van der Waals surface area (Å²) in [4.78, 5) is 2.10. The molecule has 3 heteroatoms. The highest BCUT2D eigenvalue weighted by molar-refractivity contribution is 5.37. The second kappa shape index (κ2) is 7.05. The van der Waals surface area contributed by atoms with Gasteiger partial charge < -0.3 is 10.0 Å². The van der Waals surface area contributed by atoms with Crippen molar-refractivity contribution in [2.75, 3.05) is 20.2 Å². The smallest absolute Gasteiger partial charge is 0.124 e. The molecule has 0 aliphatic heterocycles. The van der Waals surface area contributed by atoms with E-state index in [4.69, 9.17) is 5.11 Å². The Morgan fingerprint density at radius 1 is 1.35 bits per heavy atom. The van der Waals surface area contributed by atoms with Crippen LogP contribution in [0.5, 0.6) is 0 Å². The van der Waals surface area contributed by atoms with Crippen molar-refractivity contribution in [2.45, 2.75) is 19.9 Å². The van der Waals surface area contributed by atoms with Gasteiger partial charge in [0.25, 0.3) is 0 Å². The summed E-state index contributed by atoms with van der Waals surface area (Å²) in [6, 6.07) is 4.84. The van der Waals surface area contributed by atoms with Crippen LogP contribution in [0.4, 0.5) is 4.39 Å². The van der Waals surface area contributed by atoms with Gasteiger partial charge in [0.1, 0.15) is 5.82 Å². The highest BCUT2D eigenvalue weighted by Crippen LogP contribution is 2.10. The van der Waals surface area contributed by atoms with E-state index < -0.39 is 0 Å². The normalized spacial score (nSPS) is 10.2. The summed E-state index contributed by atoms with van der Waals surface area (Å²) in [5.74, 6) is 5.38. The van der Waals surface area contributed by atoms with Gasteiger partial charge >= 0.3 is 0 Å². The van der Waals surface area contributed by atoms with Crippen molar-refractivity contribution in [1.29, 1.82) is 0 Å². The average molecular weight is 235 g/mol. The molecule has 0 aromatic heterocycles. The molecular formula is C14H18FNO. The van der Waals surface area contributed by atoms with Gasteiger partial charge in [0.05, 0.1) is 6.61 Å². The van der Waals surface area contributed by atoms with Gasteiger partial charge in [-0.05, 0) is 37.4 Å². The van der Waals surface area contributed by atoms with Crippen molar-refractivity contribution in [2.24, 2.45) is 0 Å². The molecule has 0 aliphatic rings. The lowest BCUT2D eigenvalue weighted by atomic mass is 10.1. The summed E-state index contributed by atoms with van der Waals surface area (Å²) < 4.78 is 13.4. The van der Waals surface area contributed by atoms with Crippen molar-refractivity contribution in [3.63, 3.8) is 0 Å². The number of rotatable bonds is 4. The second-order valence-electron chi connectivity index (χ2n) is 3.95. The van der Waals surface area contributed by atoms with E-state index in [2.05, 4.69) is 23.7 Å². The van der Waals surface area contributed by atoms with E-state index in [-0.39, 0.29) is 12.4 Å². The molecule has 0 heterocycles. The van der Waals surface area contributed by atoms with Crippen LogP contribution in [-0.4, -0.2) is 30.2 Å². The Bertz CT molecular complexity index is 420. The third-order valence-corrected chi connectivity index (χ3v) is 2.42. The van der Waals surface area contributed by atoms with Crippen molar-refractivity contribution in [3.05, 3.63) is 35.1 Å². The Labute approximate surface area is 102 Å². The molecule has 0 amide bonds. The standard InChI is InChI=1S/C14H18FNO/c1-3-16(2)11-13-8-12(6-4-5-7-17)9-14(15)10-13/h8-10,17H,3,5,7,11H2,1-2H3. The minimum Gasteiger partial charge on any atom is -0.395 e. The first-order valence-corrected chi connectivity index (χ1v) is 5.73. The van der Waals surface area contributed by atoms with Crippen LogP contribution in [0, 0.1) is 17.7 Å². The van der Waals surface area contributed by atoms with E-state index >= 15 is 0 Å². The van der Waals surface area contributed by atoms with Gasteiger partial charge in [0.15, 0.2) is 0 Å². The monoisotopic (exact) mass is 235 g/mol. The number of nitrogens with zero attached hydrogens (tertiary/aromatic N) is 1. The number of hydrogen-bond acceptors (Lipinski definition) is 2. The maximum Gasteiger partial charge on any atom is 0.124 e. The SMILES string of the molecule is CCN(C)Cc1cc(F)cc(C#CCCO)c1. The van der Waals surface area contributed by atoms with E-state index in [0.717, 1.165) is 12.1 Å². The molecule has 0 spiro atoms. The van der Waals surface area contributed by atoms with Gasteiger partial charge in [0, 0.05) is 18.5 Å². The zero-order valence-corrected chi connectivity index (χ0v) is 10.3. The summed E-state index contributed by atoms with van der Waals surface area (Å²) in [7, 11) is 1.99. The summed E-state index contributed by atoms with van der Waals surface area (Å²) in [5.41, 5.74) is 1.58. The Morgan fingerprint density at radius 2 is 2.12 bits per heavy atom. The minimum absolute atomic E-state index is 0.0355. The molecule has 0 fully saturated rings. The molecule has 92 valence electrons. The van der Waals surface area contributed by atoms with Crippen molar-refractivity contribution in [1.82, 2.24) is 4.90 Å². The number of aliphatic hydroxyl groups excluding tert-OH is 1. The Morgan fingerprint density at radius 3 is 2.76 bits per heavy atom. The van der Waals surface area contributed by atoms with Crippen LogP contribution < -0.4 is 0 Å². The first kappa shape index (κ1) is 13.7. The predicted molar refractivity (Wildman–Crippen MR) is 67.0 cm³/mol. The predicted octanol–water partition coefficient (Wildman–Crippen LogP) is 2.01. The fourth-order valence-corrected chi connectivity index (χ4v) is 1.46. The number of halogens is 1. The molecule has 2 nitrogen and oxygen atoms in total. The second-order valence-corrected chi connectivity index (χ2v) is 3.95. The van der Waals surface area contributed by atoms with Gasteiger partial charge in [-0.25, -0.2) is 4.39 Å². The van der Waals surface area contributed by atoms with Gasteiger partial charge in [-0.1, -0.05) is 18.8 Å². The highest BCUT2D eigenvalue weighted by atomic mass is 19.1. The fraction of sp³-hybridized carbons (Fsp3) is 0.429. The Balaban J connectivity index is 2.83. The number of aliphatic hydroxyl groups is 1. The summed E-state index contributed by atoms with van der Waals surface area (Å²) in [6.07, 6.45) is 0.417. The third kappa shape index (κ3) is 4.99. The van der Waals surface area contributed by atoms with E-state index in [0.29, 0.717) is 18.5 Å². The first-order valence-electron chi connectivity index (χ1n) is 5.73. The molecule has 0 radical (unpaired) electrons. The number of hydrogen-bond donors (Lipinski definition) is 1. The lowest BCUT2D eigenvalue weighted by molar-refractivity contribution is 0.305. The Hall–Kier alpha value is -1.37. The molecule has 0 bridgehead atoms. The quantitative estimate of drug-likeness (QED) is 0.807. The van der Waals surface area contributed by atoms with Crippen molar-refractivity contribution >= 4 is 0 Å². The lowest BCUT2D eigenvalue weighted by Crippen LogP contribution is -2.16. The highest BCUT2D eigenvalue weighted by Gasteiger charge is 2.01. The summed E-state index contributed by atoms with van der Waals surface area (Å²) in [5, 5.41) is 8.62. The van der Waals surface area contributed by atoms with E-state index in [9.17, 15) is 4.39 Å². The third-order valence-electron chi connectivity index (χ3n) is 2.42. The van der Waals surface area contributed by atoms with Gasteiger partial charge in [-0.2, -0.15) is 0 Å². The molecule has 1 rings (SSSR count). The molecule has 0 saturated carbocycles. The van der Waals surface area contributed by atoms with Crippen LogP contribution >= 0.6 is 0 Å². The summed E-state index contributed by atoms with van der Waals surface area (Å²) in [6.45, 7) is 3.72. The van der Waals surface area contributed by atoms with Crippen LogP contribution in [0.25, 0.3) is 0 Å². The Kier molecular flexibility index (Phi) is 5.68. The van der Waals surface area contributed by atoms with E-state index in [1.807, 2.05) is 13.1 Å². The average Bonchev–Trinajstić information content (AvgIpc) is 2.28. The minimum atomic E-state index is -0.264. The molecule has 0 aliphatic carbocycles. The number of benzene rings is 1. The van der Waals surface area contributed by atoms with Crippen LogP contribution in [0.2, 0.25) is 0 Å². The molecule has 1 N–H and O–H groups in total. The maximum absolute atomic E-state index is 13.4. The van der Waals surface area contributed by atoms with Gasteiger partial charge in [-0.15, -0.1) is 0 Å². The zero-order valence-electron chi connectivity index (χ0n) is 10.3. The molecule has 0 saturated heterocycles. The lowest BCUT2D eigenvalue weighted by Gasteiger charge is -2.13. The van der Waals surface area contributed by atoms with Crippen molar-refractivity contribution < 1.29 is 9.50 Å². The molecule has 17 heavy (non-hydrogen) atoms. The van der Waals surface area contributed by atoms with Crippen LogP contribution in [0.3, 0.4) is 0 Å². The van der Waals surface area contributed by atoms with Gasteiger partial charge in [-0.3, -0.25) is 0 Å². The maximum atomic E-state index is 13.4. The summed E-state index contributed by atoms with van der Waals surface area (Å²) >= 11 is 0. The topological polar surface area (TPSA) is 23.5 Å². The van der Waals surface area contributed by atoms with E-state index in [1.165, 1.54) is 12.1 Å². The molecule has 1 aromatic carbocycles. The van der Waals surface area contributed by atoms with Crippen LogP contribution in [0.15, 0.2) is 18.2 Å². The molecular weight excluding hydrogens is 217 g/mol. The zero-order chi connectivity index (χ0) is 12.7. The largest absolute Gasteiger partial charge is 0.395 e. The first-order chi connectivity index (χ1) is 8.15. The van der Waals surface area contributed by atoms with Crippen LogP contribution in [-0.2, 0) is 6.54 Å². The van der Waals surface area contributed by atoms with Crippen molar-refractivity contribution in [3.8, 4) is 11.8 Å². The van der Waals surface area contributed by atoms with Gasteiger partial charge in [0.2, 0.25) is 0 Å². The molecule has 1 aromatic rings.